The lowest BCUT2D eigenvalue weighted by Gasteiger charge is -2.13. The van der Waals surface area contributed by atoms with Gasteiger partial charge in [-0.2, -0.15) is 5.10 Å². The minimum Gasteiger partial charge on any atom is -0.481 e. The zero-order valence-corrected chi connectivity index (χ0v) is 12.2. The summed E-state index contributed by atoms with van der Waals surface area (Å²) in [6.45, 7) is 3.67. The number of ether oxygens (including phenoxy) is 1. The fourth-order valence-corrected chi connectivity index (χ4v) is 2.15. The molecule has 1 amide bonds. The first-order chi connectivity index (χ1) is 9.65. The third-order valence-corrected chi connectivity index (χ3v) is 3.39. The lowest BCUT2D eigenvalue weighted by Crippen LogP contribution is -2.33. The maximum absolute atomic E-state index is 11.8. The van der Waals surface area contributed by atoms with Gasteiger partial charge in [-0.15, -0.1) is 11.3 Å². The minimum atomic E-state index is -0.600. The summed E-state index contributed by atoms with van der Waals surface area (Å²) < 4.78 is 5.56. The van der Waals surface area contributed by atoms with Gasteiger partial charge >= 0.3 is 0 Å². The standard InChI is InChI=1S/C15H16N2O2S/c1-11-5-3-6-13(9-11)19-12(2)15(18)17-16-10-14-7-4-8-20-14/h3-10,12H,1-2H3,(H,17,18). The van der Waals surface area contributed by atoms with E-state index >= 15 is 0 Å². The van der Waals surface area contributed by atoms with Crippen molar-refractivity contribution in [1.82, 2.24) is 5.43 Å². The molecule has 0 aliphatic rings. The Morgan fingerprint density at radius 1 is 1.40 bits per heavy atom. The van der Waals surface area contributed by atoms with Gasteiger partial charge in [-0.1, -0.05) is 18.2 Å². The Kier molecular flexibility index (Phi) is 4.90. The Morgan fingerprint density at radius 2 is 2.25 bits per heavy atom. The molecule has 0 saturated heterocycles. The molecular formula is C15H16N2O2S. The first kappa shape index (κ1) is 14.3. The van der Waals surface area contributed by atoms with Crippen LogP contribution >= 0.6 is 11.3 Å². The highest BCUT2D eigenvalue weighted by Crippen LogP contribution is 2.14. The van der Waals surface area contributed by atoms with Crippen molar-refractivity contribution in [2.45, 2.75) is 20.0 Å². The number of thiophene rings is 1. The third kappa shape index (κ3) is 4.20. The van der Waals surface area contributed by atoms with Crippen molar-refractivity contribution in [2.75, 3.05) is 0 Å². The zero-order valence-electron chi connectivity index (χ0n) is 11.4. The van der Waals surface area contributed by atoms with Crippen LogP contribution in [0.2, 0.25) is 0 Å². The number of hydrazone groups is 1. The number of hydrogen-bond donors (Lipinski definition) is 1. The van der Waals surface area contributed by atoms with Crippen LogP contribution in [0.25, 0.3) is 0 Å². The zero-order chi connectivity index (χ0) is 14.4. The fourth-order valence-electron chi connectivity index (χ4n) is 1.56. The second-order valence-electron chi connectivity index (χ2n) is 4.33. The molecule has 0 aliphatic carbocycles. The van der Waals surface area contributed by atoms with Gasteiger partial charge in [0.2, 0.25) is 0 Å². The normalized spacial score (nSPS) is 12.3. The summed E-state index contributed by atoms with van der Waals surface area (Å²) in [7, 11) is 0. The maximum atomic E-state index is 11.8. The van der Waals surface area contributed by atoms with Crippen molar-refractivity contribution >= 4 is 23.5 Å². The van der Waals surface area contributed by atoms with Gasteiger partial charge in [-0.3, -0.25) is 4.79 Å². The Bertz CT molecular complexity index is 594. The van der Waals surface area contributed by atoms with E-state index in [1.165, 1.54) is 0 Å². The van der Waals surface area contributed by atoms with Crippen LogP contribution in [0.4, 0.5) is 0 Å². The molecule has 1 aromatic heterocycles. The van der Waals surface area contributed by atoms with Crippen molar-refractivity contribution < 1.29 is 9.53 Å². The van der Waals surface area contributed by atoms with Crippen molar-refractivity contribution in [3.8, 4) is 5.75 Å². The highest BCUT2D eigenvalue weighted by Gasteiger charge is 2.13. The predicted molar refractivity (Wildman–Crippen MR) is 81.3 cm³/mol. The van der Waals surface area contributed by atoms with Gasteiger partial charge in [0.1, 0.15) is 5.75 Å². The molecule has 1 atom stereocenters. The maximum Gasteiger partial charge on any atom is 0.280 e. The van der Waals surface area contributed by atoms with E-state index < -0.39 is 6.10 Å². The molecule has 104 valence electrons. The third-order valence-electron chi connectivity index (χ3n) is 2.58. The van der Waals surface area contributed by atoms with Crippen LogP contribution in [0.3, 0.4) is 0 Å². The average Bonchev–Trinajstić information content (AvgIpc) is 2.91. The largest absolute Gasteiger partial charge is 0.481 e. The van der Waals surface area contributed by atoms with E-state index in [4.69, 9.17) is 4.74 Å². The van der Waals surface area contributed by atoms with Crippen molar-refractivity contribution in [3.05, 3.63) is 52.2 Å². The van der Waals surface area contributed by atoms with Crippen molar-refractivity contribution in [1.29, 1.82) is 0 Å². The molecule has 0 bridgehead atoms. The summed E-state index contributed by atoms with van der Waals surface area (Å²) in [5.41, 5.74) is 3.56. The Balaban J connectivity index is 1.86. The van der Waals surface area contributed by atoms with Crippen LogP contribution in [0, 0.1) is 6.92 Å². The molecule has 1 heterocycles. The number of amides is 1. The van der Waals surface area contributed by atoms with Gasteiger partial charge in [0.25, 0.3) is 5.91 Å². The molecule has 20 heavy (non-hydrogen) atoms. The van der Waals surface area contributed by atoms with E-state index in [-0.39, 0.29) is 5.91 Å². The Morgan fingerprint density at radius 3 is 2.95 bits per heavy atom. The molecule has 0 saturated carbocycles. The monoisotopic (exact) mass is 288 g/mol. The van der Waals surface area contributed by atoms with Crippen molar-refractivity contribution in [2.24, 2.45) is 5.10 Å². The highest BCUT2D eigenvalue weighted by molar-refractivity contribution is 7.11. The molecule has 0 fully saturated rings. The molecule has 5 heteroatoms. The topological polar surface area (TPSA) is 50.7 Å². The van der Waals surface area contributed by atoms with Crippen LogP contribution in [-0.2, 0) is 4.79 Å². The van der Waals surface area contributed by atoms with E-state index in [0.717, 1.165) is 10.4 Å². The summed E-state index contributed by atoms with van der Waals surface area (Å²) in [5, 5.41) is 5.85. The highest BCUT2D eigenvalue weighted by atomic mass is 32.1. The summed E-state index contributed by atoms with van der Waals surface area (Å²) in [4.78, 5) is 12.8. The van der Waals surface area contributed by atoms with E-state index in [1.807, 2.05) is 48.7 Å². The molecule has 0 spiro atoms. The SMILES string of the molecule is Cc1cccc(OC(C)C(=O)NN=Cc2cccs2)c1. The lowest BCUT2D eigenvalue weighted by molar-refractivity contribution is -0.127. The Hall–Kier alpha value is -2.14. The molecule has 1 unspecified atom stereocenters. The number of nitrogens with one attached hydrogen (secondary N) is 1. The summed E-state index contributed by atoms with van der Waals surface area (Å²) in [6, 6.07) is 11.4. The van der Waals surface area contributed by atoms with Crippen molar-refractivity contribution in [3.63, 3.8) is 0 Å². The number of benzene rings is 1. The summed E-state index contributed by atoms with van der Waals surface area (Å²) in [5.74, 6) is 0.397. The summed E-state index contributed by atoms with van der Waals surface area (Å²) >= 11 is 1.56. The second-order valence-corrected chi connectivity index (χ2v) is 5.31. The van der Waals surface area contributed by atoms with Crippen LogP contribution in [0.15, 0.2) is 46.9 Å². The number of hydrogen-bond acceptors (Lipinski definition) is 4. The van der Waals surface area contributed by atoms with E-state index in [9.17, 15) is 4.79 Å². The first-order valence-electron chi connectivity index (χ1n) is 6.25. The number of nitrogens with zero attached hydrogens (tertiary/aromatic N) is 1. The lowest BCUT2D eigenvalue weighted by atomic mass is 10.2. The second kappa shape index (κ2) is 6.86. The molecule has 2 aromatic rings. The molecule has 2 rings (SSSR count). The average molecular weight is 288 g/mol. The predicted octanol–water partition coefficient (Wildman–Crippen LogP) is 2.97. The summed E-state index contributed by atoms with van der Waals surface area (Å²) in [6.07, 6.45) is 1.01. The molecule has 0 aliphatic heterocycles. The van der Waals surface area contributed by atoms with Gasteiger partial charge in [-0.05, 0) is 43.0 Å². The molecule has 1 N–H and O–H groups in total. The number of carbonyl (C=O) groups excluding carboxylic acids is 1. The number of carbonyl (C=O) groups is 1. The quantitative estimate of drug-likeness (QED) is 0.679. The van der Waals surface area contributed by atoms with Gasteiger partial charge in [-0.25, -0.2) is 5.43 Å². The minimum absolute atomic E-state index is 0.278. The number of aryl methyl sites for hydroxylation is 1. The van der Waals surface area contributed by atoms with E-state index in [0.29, 0.717) is 5.75 Å². The molecule has 1 aromatic carbocycles. The smallest absolute Gasteiger partial charge is 0.280 e. The molecule has 4 nitrogen and oxygen atoms in total. The van der Waals surface area contributed by atoms with Gasteiger partial charge < -0.3 is 4.74 Å². The number of rotatable bonds is 5. The Labute approximate surface area is 122 Å². The van der Waals surface area contributed by atoms with Crippen LogP contribution in [0.1, 0.15) is 17.4 Å². The van der Waals surface area contributed by atoms with Gasteiger partial charge in [0, 0.05) is 4.88 Å². The van der Waals surface area contributed by atoms with Crippen LogP contribution in [-0.4, -0.2) is 18.2 Å². The van der Waals surface area contributed by atoms with Crippen LogP contribution in [0.5, 0.6) is 5.75 Å². The van der Waals surface area contributed by atoms with E-state index in [1.54, 1.807) is 24.5 Å². The van der Waals surface area contributed by atoms with Gasteiger partial charge in [0.15, 0.2) is 6.10 Å². The van der Waals surface area contributed by atoms with E-state index in [2.05, 4.69) is 10.5 Å². The van der Waals surface area contributed by atoms with Crippen LogP contribution < -0.4 is 10.2 Å². The molecule has 0 radical (unpaired) electrons. The first-order valence-corrected chi connectivity index (χ1v) is 7.13. The fraction of sp³-hybridized carbons (Fsp3) is 0.200. The molecular weight excluding hydrogens is 272 g/mol. The van der Waals surface area contributed by atoms with Gasteiger partial charge in [0.05, 0.1) is 6.21 Å².